The number of hydrogen-bond acceptors (Lipinski definition) is 2. The van der Waals surface area contributed by atoms with Crippen molar-refractivity contribution in [2.45, 2.75) is 33.2 Å². The van der Waals surface area contributed by atoms with Crippen LogP contribution in [0.15, 0.2) is 18.2 Å². The van der Waals surface area contributed by atoms with E-state index in [1.165, 1.54) is 0 Å². The Morgan fingerprint density at radius 2 is 2.14 bits per heavy atom. The van der Waals surface area contributed by atoms with Crippen LogP contribution in [0.3, 0.4) is 0 Å². The van der Waals surface area contributed by atoms with Gasteiger partial charge in [-0.2, -0.15) is 0 Å². The average Bonchev–Trinajstić information content (AvgIpc) is 2.13. The van der Waals surface area contributed by atoms with E-state index in [1.54, 1.807) is 6.07 Å². The molecule has 14 heavy (non-hydrogen) atoms. The summed E-state index contributed by atoms with van der Waals surface area (Å²) < 4.78 is 0. The van der Waals surface area contributed by atoms with E-state index >= 15 is 0 Å². The fourth-order valence-corrected chi connectivity index (χ4v) is 1.60. The molecule has 0 aliphatic rings. The van der Waals surface area contributed by atoms with Crippen LogP contribution in [-0.2, 0) is 0 Å². The summed E-state index contributed by atoms with van der Waals surface area (Å²) in [4.78, 5) is 6.56. The maximum Gasteiger partial charge on any atom is 0.131 e. The van der Waals surface area contributed by atoms with Crippen LogP contribution in [0.2, 0.25) is 5.15 Å². The number of anilines is 1. The van der Waals surface area contributed by atoms with E-state index < -0.39 is 0 Å². The number of rotatable bonds is 4. The fourth-order valence-electron chi connectivity index (χ4n) is 1.44. The van der Waals surface area contributed by atoms with Crippen molar-refractivity contribution in [1.82, 2.24) is 4.98 Å². The van der Waals surface area contributed by atoms with Gasteiger partial charge in [0.1, 0.15) is 11.0 Å². The molecule has 1 aromatic heterocycles. The van der Waals surface area contributed by atoms with Gasteiger partial charge in [-0.25, -0.2) is 4.98 Å². The van der Waals surface area contributed by atoms with Crippen molar-refractivity contribution < 1.29 is 0 Å². The summed E-state index contributed by atoms with van der Waals surface area (Å²) in [6.45, 7) is 7.52. The molecule has 0 N–H and O–H groups in total. The molecule has 0 aliphatic carbocycles. The Labute approximate surface area is 90.9 Å². The quantitative estimate of drug-likeness (QED) is 0.712. The van der Waals surface area contributed by atoms with Gasteiger partial charge in [0.2, 0.25) is 0 Å². The lowest BCUT2D eigenvalue weighted by Crippen LogP contribution is -2.32. The molecule has 78 valence electrons. The third kappa shape index (κ3) is 2.88. The summed E-state index contributed by atoms with van der Waals surface area (Å²) in [5, 5.41) is 0.559. The van der Waals surface area contributed by atoms with E-state index in [-0.39, 0.29) is 0 Å². The molecule has 0 radical (unpaired) electrons. The fraction of sp³-hybridized carbons (Fsp3) is 0.545. The lowest BCUT2D eigenvalue weighted by molar-refractivity contribution is 0.662. The van der Waals surface area contributed by atoms with Crippen LogP contribution in [0.4, 0.5) is 5.82 Å². The number of aromatic nitrogens is 1. The van der Waals surface area contributed by atoms with E-state index in [1.807, 2.05) is 12.1 Å². The van der Waals surface area contributed by atoms with Crippen LogP contribution >= 0.6 is 11.6 Å². The van der Waals surface area contributed by atoms with Crippen LogP contribution in [0.1, 0.15) is 27.2 Å². The highest BCUT2D eigenvalue weighted by molar-refractivity contribution is 6.29. The number of pyridine rings is 1. The Hall–Kier alpha value is -0.760. The van der Waals surface area contributed by atoms with E-state index in [0.29, 0.717) is 11.2 Å². The zero-order chi connectivity index (χ0) is 10.6. The largest absolute Gasteiger partial charge is 0.354 e. The van der Waals surface area contributed by atoms with E-state index in [9.17, 15) is 0 Å². The highest BCUT2D eigenvalue weighted by atomic mass is 35.5. The van der Waals surface area contributed by atoms with Gasteiger partial charge in [0.05, 0.1) is 0 Å². The van der Waals surface area contributed by atoms with Crippen molar-refractivity contribution in [2.24, 2.45) is 0 Å². The summed E-state index contributed by atoms with van der Waals surface area (Å²) in [6, 6.07) is 6.20. The average molecular weight is 213 g/mol. The van der Waals surface area contributed by atoms with Crippen molar-refractivity contribution in [3.63, 3.8) is 0 Å². The third-order valence-corrected chi connectivity index (χ3v) is 2.29. The van der Waals surface area contributed by atoms with Gasteiger partial charge in [-0.3, -0.25) is 0 Å². The lowest BCUT2D eigenvalue weighted by atomic mass is 10.3. The van der Waals surface area contributed by atoms with E-state index in [4.69, 9.17) is 11.6 Å². The first kappa shape index (κ1) is 11.3. The highest BCUT2D eigenvalue weighted by Crippen LogP contribution is 2.16. The summed E-state index contributed by atoms with van der Waals surface area (Å²) in [7, 11) is 0. The first-order chi connectivity index (χ1) is 6.65. The molecule has 1 rings (SSSR count). The molecule has 0 bridgehead atoms. The molecular formula is C11H17ClN2. The standard InChI is InChI=1S/C11H17ClN2/c1-4-8-14(9(2)3)11-7-5-6-10(12)13-11/h5-7,9H,4,8H2,1-3H3. The Morgan fingerprint density at radius 1 is 1.43 bits per heavy atom. The summed E-state index contributed by atoms with van der Waals surface area (Å²) >= 11 is 5.86. The second-order valence-electron chi connectivity index (χ2n) is 3.61. The topological polar surface area (TPSA) is 16.1 Å². The smallest absolute Gasteiger partial charge is 0.131 e. The van der Waals surface area contributed by atoms with Crippen LogP contribution in [0, 0.1) is 0 Å². The molecule has 0 aliphatic heterocycles. The molecule has 2 nitrogen and oxygen atoms in total. The first-order valence-electron chi connectivity index (χ1n) is 5.04. The molecule has 0 spiro atoms. The first-order valence-corrected chi connectivity index (χ1v) is 5.42. The minimum absolute atomic E-state index is 0.459. The van der Waals surface area contributed by atoms with Crippen LogP contribution in [-0.4, -0.2) is 17.6 Å². The van der Waals surface area contributed by atoms with Crippen molar-refractivity contribution >= 4 is 17.4 Å². The molecule has 0 unspecified atom stereocenters. The van der Waals surface area contributed by atoms with Crippen molar-refractivity contribution in [3.05, 3.63) is 23.4 Å². The molecule has 0 saturated heterocycles. The Morgan fingerprint density at radius 3 is 2.64 bits per heavy atom. The minimum Gasteiger partial charge on any atom is -0.354 e. The van der Waals surface area contributed by atoms with Gasteiger partial charge in [-0.05, 0) is 32.4 Å². The molecule has 0 fully saturated rings. The van der Waals surface area contributed by atoms with Gasteiger partial charge in [0, 0.05) is 12.6 Å². The van der Waals surface area contributed by atoms with Crippen molar-refractivity contribution in [2.75, 3.05) is 11.4 Å². The SMILES string of the molecule is CCCN(c1cccc(Cl)n1)C(C)C. The molecule has 0 atom stereocenters. The zero-order valence-corrected chi connectivity index (χ0v) is 9.75. The van der Waals surface area contributed by atoms with Gasteiger partial charge in [0.15, 0.2) is 0 Å². The Bertz CT molecular complexity index is 286. The van der Waals surface area contributed by atoms with Gasteiger partial charge in [0.25, 0.3) is 0 Å². The van der Waals surface area contributed by atoms with E-state index in [0.717, 1.165) is 18.8 Å². The summed E-state index contributed by atoms with van der Waals surface area (Å²) in [6.07, 6.45) is 1.12. The van der Waals surface area contributed by atoms with Gasteiger partial charge in [-0.15, -0.1) is 0 Å². The monoisotopic (exact) mass is 212 g/mol. The molecule has 0 amide bonds. The molecular weight excluding hydrogens is 196 g/mol. The van der Waals surface area contributed by atoms with Crippen LogP contribution in [0.25, 0.3) is 0 Å². The molecule has 1 aromatic rings. The lowest BCUT2D eigenvalue weighted by Gasteiger charge is -2.27. The van der Waals surface area contributed by atoms with Crippen LogP contribution in [0.5, 0.6) is 0 Å². The summed E-state index contributed by atoms with van der Waals surface area (Å²) in [5.74, 6) is 0.967. The highest BCUT2D eigenvalue weighted by Gasteiger charge is 2.10. The third-order valence-electron chi connectivity index (χ3n) is 2.08. The molecule has 3 heteroatoms. The predicted octanol–water partition coefficient (Wildman–Crippen LogP) is 3.36. The van der Waals surface area contributed by atoms with Crippen LogP contribution < -0.4 is 4.90 Å². The number of hydrogen-bond donors (Lipinski definition) is 0. The molecule has 1 heterocycles. The maximum absolute atomic E-state index is 5.86. The molecule has 0 saturated carbocycles. The maximum atomic E-state index is 5.86. The van der Waals surface area contributed by atoms with Crippen molar-refractivity contribution in [1.29, 1.82) is 0 Å². The second kappa shape index (κ2) is 5.20. The van der Waals surface area contributed by atoms with Crippen molar-refractivity contribution in [3.8, 4) is 0 Å². The number of nitrogens with zero attached hydrogens (tertiary/aromatic N) is 2. The van der Waals surface area contributed by atoms with Gasteiger partial charge < -0.3 is 4.90 Å². The summed E-state index contributed by atoms with van der Waals surface area (Å²) in [5.41, 5.74) is 0. The normalized spacial score (nSPS) is 10.6. The van der Waals surface area contributed by atoms with Gasteiger partial charge >= 0.3 is 0 Å². The predicted molar refractivity (Wildman–Crippen MR) is 62.0 cm³/mol. The molecule has 0 aromatic carbocycles. The Kier molecular flexibility index (Phi) is 4.21. The minimum atomic E-state index is 0.459. The number of halogens is 1. The zero-order valence-electron chi connectivity index (χ0n) is 9.00. The Balaban J connectivity index is 2.87. The van der Waals surface area contributed by atoms with E-state index in [2.05, 4.69) is 30.7 Å². The second-order valence-corrected chi connectivity index (χ2v) is 3.99. The van der Waals surface area contributed by atoms with Gasteiger partial charge in [-0.1, -0.05) is 24.6 Å².